The zero-order chi connectivity index (χ0) is 25.8. The molecular weight excluding hydrogens is 475 g/mol. The van der Waals surface area contributed by atoms with Crippen molar-refractivity contribution in [3.05, 3.63) is 102 Å². The molecule has 1 heterocycles. The van der Waals surface area contributed by atoms with Gasteiger partial charge in [-0.3, -0.25) is 0 Å². The smallest absolute Gasteiger partial charge is 0.336 e. The zero-order valence-electron chi connectivity index (χ0n) is 18.4. The number of halogens is 1. The van der Waals surface area contributed by atoms with Crippen LogP contribution >= 0.6 is 0 Å². The van der Waals surface area contributed by atoms with E-state index in [0.717, 1.165) is 23.4 Å². The van der Waals surface area contributed by atoms with E-state index in [9.17, 15) is 32.6 Å². The van der Waals surface area contributed by atoms with Crippen LogP contribution in [0.3, 0.4) is 0 Å². The van der Waals surface area contributed by atoms with Crippen molar-refractivity contribution in [1.29, 1.82) is 0 Å². The lowest BCUT2D eigenvalue weighted by molar-refractivity contribution is 0.0695. The Kier molecular flexibility index (Phi) is 7.48. The van der Waals surface area contributed by atoms with E-state index < -0.39 is 27.8 Å². The van der Waals surface area contributed by atoms with Crippen molar-refractivity contribution in [3.63, 3.8) is 0 Å². The average Bonchev–Trinajstić information content (AvgIpc) is 3.34. The summed E-state index contributed by atoms with van der Waals surface area (Å²) in [6, 6.07) is 18.0. The summed E-state index contributed by atoms with van der Waals surface area (Å²) in [5, 5.41) is 23.5. The Morgan fingerprint density at radius 2 is 1.46 bits per heavy atom. The molecule has 0 aliphatic carbocycles. The molecule has 0 radical (unpaired) electrons. The standard InChI is InChI=1S/C15H11FO4.C10H10N2O2S/c1-8-2-7-11(14(17)18)13(12(8)15(19)20)9-3-5-10(16)6-4-9;11-15(13,14)9-5-3-8(4-6-9)10-2-1-7-12-10/h2-7H,1H3,(H,17,18)(H,19,20);1-7,12H,(H2,11,13,14). The maximum Gasteiger partial charge on any atom is 0.336 e. The second-order valence-corrected chi connectivity index (χ2v) is 9.01. The topological polar surface area (TPSA) is 151 Å². The van der Waals surface area contributed by atoms with Gasteiger partial charge in [-0.15, -0.1) is 0 Å². The van der Waals surface area contributed by atoms with E-state index in [1.54, 1.807) is 19.1 Å². The molecule has 5 N–H and O–H groups in total. The fraction of sp³-hybridized carbons (Fsp3) is 0.0400. The quantitative estimate of drug-likeness (QED) is 0.319. The lowest BCUT2D eigenvalue weighted by atomic mass is 9.91. The molecule has 35 heavy (non-hydrogen) atoms. The Hall–Kier alpha value is -4.28. The van der Waals surface area contributed by atoms with Crippen molar-refractivity contribution in [1.82, 2.24) is 4.98 Å². The second kappa shape index (κ2) is 10.3. The predicted molar refractivity (Wildman–Crippen MR) is 128 cm³/mol. The number of primary sulfonamides is 1. The van der Waals surface area contributed by atoms with Crippen LogP contribution in [0.1, 0.15) is 26.3 Å². The number of sulfonamides is 1. The van der Waals surface area contributed by atoms with E-state index >= 15 is 0 Å². The van der Waals surface area contributed by atoms with Crippen LogP contribution in [0.2, 0.25) is 0 Å². The van der Waals surface area contributed by atoms with Gasteiger partial charge in [-0.05, 0) is 66.1 Å². The van der Waals surface area contributed by atoms with Crippen LogP contribution in [0.25, 0.3) is 22.4 Å². The van der Waals surface area contributed by atoms with Gasteiger partial charge in [-0.1, -0.05) is 30.3 Å². The van der Waals surface area contributed by atoms with Gasteiger partial charge in [0.1, 0.15) is 5.82 Å². The van der Waals surface area contributed by atoms with Crippen LogP contribution in [0.4, 0.5) is 4.39 Å². The Balaban J connectivity index is 0.000000203. The van der Waals surface area contributed by atoms with Gasteiger partial charge in [-0.25, -0.2) is 27.5 Å². The van der Waals surface area contributed by atoms with E-state index in [4.69, 9.17) is 5.14 Å². The van der Waals surface area contributed by atoms with Crippen molar-refractivity contribution in [3.8, 4) is 22.4 Å². The SMILES string of the molecule is Cc1ccc(C(=O)O)c(-c2ccc(F)cc2)c1C(=O)O.NS(=O)(=O)c1ccc(-c2ccc[nH]2)cc1. The molecule has 8 nitrogen and oxygen atoms in total. The molecule has 180 valence electrons. The van der Waals surface area contributed by atoms with Crippen molar-refractivity contribution >= 4 is 22.0 Å². The minimum atomic E-state index is -3.60. The molecule has 0 amide bonds. The first-order valence-electron chi connectivity index (χ1n) is 10.1. The van der Waals surface area contributed by atoms with Crippen molar-refractivity contribution in [2.75, 3.05) is 0 Å². The Labute approximate surface area is 200 Å². The highest BCUT2D eigenvalue weighted by atomic mass is 32.2. The van der Waals surface area contributed by atoms with Gasteiger partial charge in [0, 0.05) is 17.5 Å². The number of hydrogen-bond donors (Lipinski definition) is 4. The van der Waals surface area contributed by atoms with Crippen LogP contribution in [0, 0.1) is 12.7 Å². The van der Waals surface area contributed by atoms with E-state index in [1.807, 2.05) is 18.3 Å². The molecule has 0 saturated carbocycles. The number of carboxylic acid groups (broad SMARTS) is 2. The predicted octanol–water partition coefficient (Wildman–Crippen LogP) is 4.53. The molecule has 10 heteroatoms. The number of aromatic nitrogens is 1. The number of carboxylic acids is 2. The number of aromatic amines is 1. The summed E-state index contributed by atoms with van der Waals surface area (Å²) in [6.07, 6.45) is 1.81. The molecule has 4 aromatic rings. The largest absolute Gasteiger partial charge is 0.478 e. The molecule has 4 rings (SSSR count). The fourth-order valence-electron chi connectivity index (χ4n) is 3.41. The van der Waals surface area contributed by atoms with Gasteiger partial charge in [-0.2, -0.15) is 0 Å². The number of benzene rings is 3. The van der Waals surface area contributed by atoms with E-state index in [0.29, 0.717) is 11.1 Å². The normalized spacial score (nSPS) is 10.8. The highest BCUT2D eigenvalue weighted by Gasteiger charge is 2.22. The lowest BCUT2D eigenvalue weighted by Crippen LogP contribution is -2.11. The average molecular weight is 497 g/mol. The molecule has 1 aromatic heterocycles. The number of rotatable bonds is 5. The minimum Gasteiger partial charge on any atom is -0.478 e. The molecule has 0 aliphatic rings. The third kappa shape index (κ3) is 5.99. The van der Waals surface area contributed by atoms with Gasteiger partial charge >= 0.3 is 11.9 Å². The first-order valence-corrected chi connectivity index (χ1v) is 11.7. The Bertz CT molecular complexity index is 1460. The first kappa shape index (κ1) is 25.3. The summed E-state index contributed by atoms with van der Waals surface area (Å²) in [5.74, 6) is -2.92. The summed E-state index contributed by atoms with van der Waals surface area (Å²) < 4.78 is 35.0. The van der Waals surface area contributed by atoms with Crippen LogP contribution < -0.4 is 5.14 Å². The molecule has 0 bridgehead atoms. The van der Waals surface area contributed by atoms with Gasteiger partial charge in [0.2, 0.25) is 10.0 Å². The van der Waals surface area contributed by atoms with Gasteiger partial charge < -0.3 is 15.2 Å². The van der Waals surface area contributed by atoms with Crippen molar-refractivity contribution < 1.29 is 32.6 Å². The Morgan fingerprint density at radius 3 is 1.94 bits per heavy atom. The minimum absolute atomic E-state index is 0.0866. The molecule has 0 fully saturated rings. The van der Waals surface area contributed by atoms with Crippen molar-refractivity contribution in [2.24, 2.45) is 5.14 Å². The summed E-state index contributed by atoms with van der Waals surface area (Å²) in [7, 11) is -3.60. The molecule has 0 atom stereocenters. The molecule has 0 spiro atoms. The number of aromatic carboxylic acids is 2. The van der Waals surface area contributed by atoms with E-state index in [1.165, 1.54) is 36.4 Å². The third-order valence-electron chi connectivity index (χ3n) is 5.08. The van der Waals surface area contributed by atoms with Crippen LogP contribution in [0.5, 0.6) is 0 Å². The van der Waals surface area contributed by atoms with Gasteiger partial charge in [0.05, 0.1) is 16.0 Å². The number of nitrogens with one attached hydrogen (secondary N) is 1. The van der Waals surface area contributed by atoms with Crippen LogP contribution in [0.15, 0.2) is 83.9 Å². The summed E-state index contributed by atoms with van der Waals surface area (Å²) >= 11 is 0. The Morgan fingerprint density at radius 1 is 0.857 bits per heavy atom. The molecular formula is C25H21FN2O6S. The van der Waals surface area contributed by atoms with E-state index in [2.05, 4.69) is 4.98 Å². The molecule has 3 aromatic carbocycles. The number of nitrogens with two attached hydrogens (primary N) is 1. The van der Waals surface area contributed by atoms with Crippen LogP contribution in [-0.2, 0) is 10.0 Å². The summed E-state index contributed by atoms with van der Waals surface area (Å²) in [6.45, 7) is 1.59. The number of carbonyl (C=O) groups is 2. The maximum atomic E-state index is 13.0. The highest BCUT2D eigenvalue weighted by Crippen LogP contribution is 2.30. The summed E-state index contributed by atoms with van der Waals surface area (Å²) in [5.41, 5.74) is 2.54. The third-order valence-corrected chi connectivity index (χ3v) is 6.01. The van der Waals surface area contributed by atoms with E-state index in [-0.39, 0.29) is 21.6 Å². The lowest BCUT2D eigenvalue weighted by Gasteiger charge is -2.12. The maximum absolute atomic E-state index is 13.0. The zero-order valence-corrected chi connectivity index (χ0v) is 19.2. The monoisotopic (exact) mass is 496 g/mol. The first-order chi connectivity index (χ1) is 16.5. The highest BCUT2D eigenvalue weighted by molar-refractivity contribution is 7.89. The fourth-order valence-corrected chi connectivity index (χ4v) is 3.93. The van der Waals surface area contributed by atoms with Crippen LogP contribution in [-0.4, -0.2) is 35.6 Å². The molecule has 0 aliphatic heterocycles. The van der Waals surface area contributed by atoms with Gasteiger partial charge in [0.25, 0.3) is 0 Å². The van der Waals surface area contributed by atoms with Gasteiger partial charge in [0.15, 0.2) is 0 Å². The molecule has 0 unspecified atom stereocenters. The number of aryl methyl sites for hydroxylation is 1. The summed E-state index contributed by atoms with van der Waals surface area (Å²) in [4.78, 5) is 25.8. The number of hydrogen-bond acceptors (Lipinski definition) is 4. The number of H-pyrrole nitrogens is 1. The molecule has 0 saturated heterocycles. The van der Waals surface area contributed by atoms with Crippen molar-refractivity contribution in [2.45, 2.75) is 11.8 Å². The second-order valence-electron chi connectivity index (χ2n) is 7.45.